The molecule has 0 radical (unpaired) electrons. The number of aliphatic carboxylic acids is 1. The van der Waals surface area contributed by atoms with Crippen LogP contribution in [0.5, 0.6) is 0 Å². The number of morpholine rings is 1. The van der Waals surface area contributed by atoms with Gasteiger partial charge in [-0.1, -0.05) is 0 Å². The number of hydrogen-bond donors (Lipinski definition) is 0. The fourth-order valence-electron chi connectivity index (χ4n) is 2.00. The molecule has 0 unspecified atom stereocenters. The fraction of sp³-hybridized carbons (Fsp3) is 0.385. The van der Waals surface area contributed by atoms with Crippen molar-refractivity contribution in [2.45, 2.75) is 4.90 Å². The molecule has 0 atom stereocenters. The van der Waals surface area contributed by atoms with Crippen molar-refractivity contribution < 1.29 is 24.4 Å². The summed E-state index contributed by atoms with van der Waals surface area (Å²) in [6.45, 7) is 1.75. The smallest absolute Gasteiger partial charge is 0.283 e. The summed E-state index contributed by atoms with van der Waals surface area (Å²) >= 11 is 0.791. The van der Waals surface area contributed by atoms with Crippen LogP contribution in [0.4, 0.5) is 5.69 Å². The lowest BCUT2D eigenvalue weighted by molar-refractivity contribution is -0.387. The molecule has 0 spiro atoms. The number of thioether (sulfide) groups is 1. The quantitative estimate of drug-likeness (QED) is 0.422. The van der Waals surface area contributed by atoms with Crippen molar-refractivity contribution in [1.29, 1.82) is 0 Å². The summed E-state index contributed by atoms with van der Waals surface area (Å²) in [5.74, 6) is -2.01. The maximum atomic E-state index is 12.3. The van der Waals surface area contributed by atoms with Crippen LogP contribution in [0.2, 0.25) is 0 Å². The van der Waals surface area contributed by atoms with Crippen molar-refractivity contribution in [1.82, 2.24) is 4.90 Å². The van der Waals surface area contributed by atoms with E-state index in [9.17, 15) is 24.8 Å². The van der Waals surface area contributed by atoms with Crippen LogP contribution in [0.1, 0.15) is 10.4 Å². The second-order valence-corrected chi connectivity index (χ2v) is 5.52. The Morgan fingerprint density at radius 2 is 2.00 bits per heavy atom. The molecule has 1 amide bonds. The molecule has 1 aliphatic heterocycles. The number of ether oxygens (including phenoxy) is 1. The average Bonchev–Trinajstić information content (AvgIpc) is 2.52. The molecule has 1 fully saturated rings. The second kappa shape index (κ2) is 7.23. The van der Waals surface area contributed by atoms with Gasteiger partial charge in [-0.05, 0) is 12.1 Å². The van der Waals surface area contributed by atoms with E-state index in [2.05, 4.69) is 0 Å². The number of hydrogen-bond acceptors (Lipinski definition) is 7. The summed E-state index contributed by atoms with van der Waals surface area (Å²) in [5.41, 5.74) is -0.0863. The van der Waals surface area contributed by atoms with Gasteiger partial charge < -0.3 is 19.5 Å². The number of nitro benzene ring substituents is 1. The average molecular weight is 325 g/mol. The van der Waals surface area contributed by atoms with Gasteiger partial charge in [0.15, 0.2) is 0 Å². The molecular weight excluding hydrogens is 312 g/mol. The van der Waals surface area contributed by atoms with E-state index in [1.165, 1.54) is 18.2 Å². The van der Waals surface area contributed by atoms with Crippen LogP contribution in [-0.4, -0.2) is 53.8 Å². The number of rotatable bonds is 5. The summed E-state index contributed by atoms with van der Waals surface area (Å²) in [4.78, 5) is 35.0. The third-order valence-corrected chi connectivity index (χ3v) is 4.08. The molecule has 9 heteroatoms. The number of carboxylic acids is 1. The first kappa shape index (κ1) is 16.2. The van der Waals surface area contributed by atoms with Gasteiger partial charge in [0.25, 0.3) is 11.6 Å². The van der Waals surface area contributed by atoms with Crippen molar-refractivity contribution in [3.8, 4) is 0 Å². The van der Waals surface area contributed by atoms with Gasteiger partial charge in [0.1, 0.15) is 0 Å². The molecule has 1 aliphatic rings. The third kappa shape index (κ3) is 3.95. The van der Waals surface area contributed by atoms with Gasteiger partial charge in [-0.3, -0.25) is 14.9 Å². The summed E-state index contributed by atoms with van der Waals surface area (Å²) in [6, 6.07) is 4.03. The van der Waals surface area contributed by atoms with Crippen LogP contribution in [0.15, 0.2) is 23.1 Å². The highest BCUT2D eigenvalue weighted by atomic mass is 32.2. The molecule has 1 saturated heterocycles. The lowest BCUT2D eigenvalue weighted by atomic mass is 10.1. The Morgan fingerprint density at radius 3 is 2.59 bits per heavy atom. The Bertz CT molecular complexity index is 600. The zero-order chi connectivity index (χ0) is 16.1. The number of carbonyl (C=O) groups excluding carboxylic acids is 2. The summed E-state index contributed by atoms with van der Waals surface area (Å²) < 4.78 is 5.15. The van der Waals surface area contributed by atoms with Crippen LogP contribution >= 0.6 is 11.8 Å². The van der Waals surface area contributed by atoms with Crippen molar-refractivity contribution in [3.63, 3.8) is 0 Å². The first-order valence-corrected chi connectivity index (χ1v) is 7.45. The number of benzene rings is 1. The van der Waals surface area contributed by atoms with Crippen LogP contribution < -0.4 is 5.11 Å². The molecule has 0 saturated carbocycles. The van der Waals surface area contributed by atoms with Gasteiger partial charge in [-0.25, -0.2) is 0 Å². The minimum Gasteiger partial charge on any atom is -0.549 e. The molecule has 1 aromatic carbocycles. The Kier molecular flexibility index (Phi) is 5.34. The standard InChI is InChI=1S/C13H14N2O6S/c16-12(17)8-22-11-2-1-9(7-10(11)15(19)20)13(18)14-3-5-21-6-4-14/h1-2,7H,3-6,8H2,(H,16,17)/p-1. The Hall–Kier alpha value is -2.13. The molecule has 2 rings (SSSR count). The highest BCUT2D eigenvalue weighted by Gasteiger charge is 2.22. The highest BCUT2D eigenvalue weighted by Crippen LogP contribution is 2.30. The van der Waals surface area contributed by atoms with Crippen LogP contribution in [-0.2, 0) is 9.53 Å². The third-order valence-electron chi connectivity index (χ3n) is 3.05. The molecule has 118 valence electrons. The van der Waals surface area contributed by atoms with Crippen molar-refractivity contribution in [3.05, 3.63) is 33.9 Å². The van der Waals surface area contributed by atoms with Gasteiger partial charge in [0, 0.05) is 30.5 Å². The molecule has 22 heavy (non-hydrogen) atoms. The Balaban J connectivity index is 2.22. The first-order valence-electron chi connectivity index (χ1n) is 6.47. The van der Waals surface area contributed by atoms with Crippen LogP contribution in [0.3, 0.4) is 0 Å². The van der Waals surface area contributed by atoms with E-state index in [1.807, 2.05) is 0 Å². The molecule has 0 aliphatic carbocycles. The van der Waals surface area contributed by atoms with E-state index >= 15 is 0 Å². The molecule has 0 aromatic heterocycles. The molecule has 1 heterocycles. The first-order chi connectivity index (χ1) is 10.5. The zero-order valence-electron chi connectivity index (χ0n) is 11.5. The zero-order valence-corrected chi connectivity index (χ0v) is 12.3. The van der Waals surface area contributed by atoms with E-state index in [0.29, 0.717) is 26.3 Å². The summed E-state index contributed by atoms with van der Waals surface area (Å²) in [5, 5.41) is 21.6. The number of carboxylic acid groups (broad SMARTS) is 1. The van der Waals surface area contributed by atoms with E-state index in [4.69, 9.17) is 4.74 Å². The Morgan fingerprint density at radius 1 is 1.32 bits per heavy atom. The van der Waals surface area contributed by atoms with Gasteiger partial charge in [0.05, 0.1) is 29.0 Å². The minimum atomic E-state index is -1.31. The number of nitro groups is 1. The van der Waals surface area contributed by atoms with Gasteiger partial charge in [-0.15, -0.1) is 11.8 Å². The molecule has 8 nitrogen and oxygen atoms in total. The molecule has 0 bridgehead atoms. The lowest BCUT2D eigenvalue weighted by Gasteiger charge is -2.26. The van der Waals surface area contributed by atoms with Crippen molar-refractivity contribution >= 4 is 29.3 Å². The molecule has 0 N–H and O–H groups in total. The predicted octanol–water partition coefficient (Wildman–Crippen LogP) is -0.0908. The maximum absolute atomic E-state index is 12.3. The number of nitrogens with zero attached hydrogens (tertiary/aromatic N) is 2. The topological polar surface area (TPSA) is 113 Å². The monoisotopic (exact) mass is 325 g/mol. The minimum absolute atomic E-state index is 0.188. The van der Waals surface area contributed by atoms with Crippen LogP contribution in [0, 0.1) is 10.1 Å². The van der Waals surface area contributed by atoms with Crippen LogP contribution in [0.25, 0.3) is 0 Å². The van der Waals surface area contributed by atoms with Gasteiger partial charge >= 0.3 is 0 Å². The summed E-state index contributed by atoms with van der Waals surface area (Å²) in [6.07, 6.45) is 0. The van der Waals surface area contributed by atoms with Crippen molar-refractivity contribution in [2.75, 3.05) is 32.1 Å². The molecular formula is C13H13N2O6S-. The second-order valence-electron chi connectivity index (χ2n) is 4.50. The Labute approximate surface area is 130 Å². The largest absolute Gasteiger partial charge is 0.549 e. The summed E-state index contributed by atoms with van der Waals surface area (Å²) in [7, 11) is 0. The fourth-order valence-corrected chi connectivity index (χ4v) is 2.72. The maximum Gasteiger partial charge on any atom is 0.283 e. The molecule has 1 aromatic rings. The number of carbonyl (C=O) groups is 2. The van der Waals surface area contributed by atoms with E-state index in [-0.39, 0.29) is 22.1 Å². The van der Waals surface area contributed by atoms with Gasteiger partial charge in [0.2, 0.25) is 0 Å². The van der Waals surface area contributed by atoms with E-state index in [1.54, 1.807) is 4.90 Å². The van der Waals surface area contributed by atoms with E-state index < -0.39 is 16.6 Å². The van der Waals surface area contributed by atoms with E-state index in [0.717, 1.165) is 11.8 Å². The van der Waals surface area contributed by atoms with Crippen molar-refractivity contribution in [2.24, 2.45) is 0 Å². The normalized spacial score (nSPS) is 14.6. The SMILES string of the molecule is O=C([O-])CSc1ccc(C(=O)N2CCOCC2)cc1[N+](=O)[O-]. The lowest BCUT2D eigenvalue weighted by Crippen LogP contribution is -2.40. The van der Waals surface area contributed by atoms with Gasteiger partial charge in [-0.2, -0.15) is 0 Å². The predicted molar refractivity (Wildman–Crippen MR) is 75.5 cm³/mol. The number of amides is 1. The highest BCUT2D eigenvalue weighted by molar-refractivity contribution is 8.00.